The molecule has 0 radical (unpaired) electrons. The van der Waals surface area contributed by atoms with Gasteiger partial charge in [-0.1, -0.05) is 12.1 Å². The van der Waals surface area contributed by atoms with E-state index in [-0.39, 0.29) is 24.6 Å². The number of ether oxygens (including phenoxy) is 2. The average Bonchev–Trinajstić information content (AvgIpc) is 2.45. The molecule has 5 heteroatoms. The summed E-state index contributed by atoms with van der Waals surface area (Å²) in [7, 11) is 1.61. The Morgan fingerprint density at radius 1 is 1.19 bits per heavy atom. The van der Waals surface area contributed by atoms with Crippen LogP contribution in [0.4, 0.5) is 0 Å². The van der Waals surface area contributed by atoms with E-state index in [4.69, 9.17) is 9.47 Å². The second-order valence-corrected chi connectivity index (χ2v) is 5.18. The molecule has 118 valence electrons. The fraction of sp³-hybridized carbons (Fsp3) is 0.562. The van der Waals surface area contributed by atoms with Gasteiger partial charge < -0.3 is 20.1 Å². The molecule has 0 saturated carbocycles. The number of amides is 1. The molecule has 1 amide bonds. The largest absolute Gasteiger partial charge is 0.491 e. The highest BCUT2D eigenvalue weighted by atomic mass is 16.5. The first-order valence-electron chi connectivity index (χ1n) is 7.28. The lowest BCUT2D eigenvalue weighted by atomic mass is 10.1. The molecule has 0 aliphatic carbocycles. The van der Waals surface area contributed by atoms with Crippen LogP contribution in [0.1, 0.15) is 32.4 Å². The van der Waals surface area contributed by atoms with Gasteiger partial charge in [-0.25, -0.2) is 0 Å². The molecule has 0 aliphatic heterocycles. The first kappa shape index (κ1) is 17.5. The van der Waals surface area contributed by atoms with E-state index in [2.05, 4.69) is 10.6 Å². The van der Waals surface area contributed by atoms with Crippen molar-refractivity contribution in [3.63, 3.8) is 0 Å². The Morgan fingerprint density at radius 2 is 1.86 bits per heavy atom. The van der Waals surface area contributed by atoms with Crippen LogP contribution >= 0.6 is 0 Å². The summed E-state index contributed by atoms with van der Waals surface area (Å²) in [4.78, 5) is 11.6. The summed E-state index contributed by atoms with van der Waals surface area (Å²) in [6.45, 7) is 7.38. The zero-order valence-corrected chi connectivity index (χ0v) is 13.3. The fourth-order valence-electron chi connectivity index (χ4n) is 1.83. The van der Waals surface area contributed by atoms with Gasteiger partial charge in [-0.3, -0.25) is 4.79 Å². The summed E-state index contributed by atoms with van der Waals surface area (Å²) >= 11 is 0. The third-order valence-electron chi connectivity index (χ3n) is 2.95. The van der Waals surface area contributed by atoms with Crippen molar-refractivity contribution < 1.29 is 14.3 Å². The van der Waals surface area contributed by atoms with E-state index in [1.807, 2.05) is 45.0 Å². The molecular formula is C16H26N2O3. The SMILES string of the molecule is COCCNC(=O)CNC(C)c1ccc(OC(C)C)cc1. The normalized spacial score (nSPS) is 12.2. The van der Waals surface area contributed by atoms with E-state index in [0.717, 1.165) is 11.3 Å². The fourth-order valence-corrected chi connectivity index (χ4v) is 1.83. The predicted octanol–water partition coefficient (Wildman–Crippen LogP) is 1.89. The Morgan fingerprint density at radius 3 is 2.43 bits per heavy atom. The van der Waals surface area contributed by atoms with Crippen LogP contribution in [-0.2, 0) is 9.53 Å². The van der Waals surface area contributed by atoms with Crippen LogP contribution in [0.2, 0.25) is 0 Å². The van der Waals surface area contributed by atoms with Crippen molar-refractivity contribution >= 4 is 5.91 Å². The molecule has 1 unspecified atom stereocenters. The molecule has 0 spiro atoms. The Bertz CT molecular complexity index is 418. The number of nitrogens with one attached hydrogen (secondary N) is 2. The molecule has 0 saturated heterocycles. The van der Waals surface area contributed by atoms with Gasteiger partial charge >= 0.3 is 0 Å². The summed E-state index contributed by atoms with van der Waals surface area (Å²) in [5.41, 5.74) is 1.12. The highest BCUT2D eigenvalue weighted by Crippen LogP contribution is 2.18. The molecule has 0 heterocycles. The van der Waals surface area contributed by atoms with Crippen LogP contribution in [0.5, 0.6) is 5.75 Å². The summed E-state index contributed by atoms with van der Waals surface area (Å²) in [6.07, 6.45) is 0.169. The molecule has 5 nitrogen and oxygen atoms in total. The molecule has 0 aromatic heterocycles. The van der Waals surface area contributed by atoms with Crippen LogP contribution in [0, 0.1) is 0 Å². The van der Waals surface area contributed by atoms with E-state index in [1.54, 1.807) is 7.11 Å². The smallest absolute Gasteiger partial charge is 0.234 e. The van der Waals surface area contributed by atoms with Crippen molar-refractivity contribution in [1.82, 2.24) is 10.6 Å². The molecule has 2 N–H and O–H groups in total. The van der Waals surface area contributed by atoms with Gasteiger partial charge in [0.2, 0.25) is 5.91 Å². The molecular weight excluding hydrogens is 268 g/mol. The minimum Gasteiger partial charge on any atom is -0.491 e. The Balaban J connectivity index is 2.37. The highest BCUT2D eigenvalue weighted by molar-refractivity contribution is 5.78. The van der Waals surface area contributed by atoms with E-state index >= 15 is 0 Å². The van der Waals surface area contributed by atoms with Gasteiger partial charge in [-0.05, 0) is 38.5 Å². The zero-order chi connectivity index (χ0) is 15.7. The average molecular weight is 294 g/mol. The maximum atomic E-state index is 11.6. The van der Waals surface area contributed by atoms with Crippen LogP contribution in [0.25, 0.3) is 0 Å². The third-order valence-corrected chi connectivity index (χ3v) is 2.95. The van der Waals surface area contributed by atoms with Crippen molar-refractivity contribution in [3.8, 4) is 5.75 Å². The number of carbonyl (C=O) groups excluding carboxylic acids is 1. The standard InChI is InChI=1S/C16H26N2O3/c1-12(2)21-15-7-5-14(6-8-15)13(3)18-11-16(19)17-9-10-20-4/h5-8,12-13,18H,9-11H2,1-4H3,(H,17,19). The van der Waals surface area contributed by atoms with Crippen molar-refractivity contribution in [2.45, 2.75) is 32.9 Å². The topological polar surface area (TPSA) is 59.6 Å². The van der Waals surface area contributed by atoms with E-state index in [0.29, 0.717) is 13.2 Å². The molecule has 21 heavy (non-hydrogen) atoms. The van der Waals surface area contributed by atoms with Crippen molar-refractivity contribution in [2.75, 3.05) is 26.8 Å². The predicted molar refractivity (Wildman–Crippen MR) is 83.5 cm³/mol. The second kappa shape index (κ2) is 9.37. The lowest BCUT2D eigenvalue weighted by Crippen LogP contribution is -2.36. The van der Waals surface area contributed by atoms with Gasteiger partial charge in [0, 0.05) is 19.7 Å². The maximum Gasteiger partial charge on any atom is 0.234 e. The lowest BCUT2D eigenvalue weighted by Gasteiger charge is -2.15. The van der Waals surface area contributed by atoms with Crippen LogP contribution in [0.3, 0.4) is 0 Å². The van der Waals surface area contributed by atoms with Gasteiger partial charge in [-0.15, -0.1) is 0 Å². The van der Waals surface area contributed by atoms with Crippen molar-refractivity contribution in [2.24, 2.45) is 0 Å². The highest BCUT2D eigenvalue weighted by Gasteiger charge is 2.08. The van der Waals surface area contributed by atoms with Crippen LogP contribution < -0.4 is 15.4 Å². The van der Waals surface area contributed by atoms with Gasteiger partial charge in [0.15, 0.2) is 0 Å². The van der Waals surface area contributed by atoms with Crippen LogP contribution in [-0.4, -0.2) is 38.8 Å². The Labute approximate surface area is 127 Å². The number of benzene rings is 1. The third kappa shape index (κ3) is 7.11. The number of hydrogen-bond acceptors (Lipinski definition) is 4. The monoisotopic (exact) mass is 294 g/mol. The van der Waals surface area contributed by atoms with Crippen LogP contribution in [0.15, 0.2) is 24.3 Å². The van der Waals surface area contributed by atoms with Crippen molar-refractivity contribution in [3.05, 3.63) is 29.8 Å². The summed E-state index contributed by atoms with van der Waals surface area (Å²) in [6, 6.07) is 8.03. The van der Waals surface area contributed by atoms with Gasteiger partial charge in [0.1, 0.15) is 5.75 Å². The molecule has 1 rings (SSSR count). The Hall–Kier alpha value is -1.59. The van der Waals surface area contributed by atoms with E-state index in [9.17, 15) is 4.79 Å². The first-order valence-corrected chi connectivity index (χ1v) is 7.28. The molecule has 0 bridgehead atoms. The quantitative estimate of drug-likeness (QED) is 0.683. The van der Waals surface area contributed by atoms with Gasteiger partial charge in [-0.2, -0.15) is 0 Å². The second-order valence-electron chi connectivity index (χ2n) is 5.18. The Kier molecular flexibility index (Phi) is 7.79. The minimum absolute atomic E-state index is 0.0290. The molecule has 0 fully saturated rings. The number of hydrogen-bond donors (Lipinski definition) is 2. The number of carbonyl (C=O) groups is 1. The first-order chi connectivity index (χ1) is 10.0. The molecule has 1 atom stereocenters. The number of rotatable bonds is 9. The van der Waals surface area contributed by atoms with Gasteiger partial charge in [0.05, 0.1) is 19.3 Å². The summed E-state index contributed by atoms with van der Waals surface area (Å²) in [5.74, 6) is 0.830. The maximum absolute atomic E-state index is 11.6. The number of methoxy groups -OCH3 is 1. The summed E-state index contributed by atoms with van der Waals surface area (Å²) < 4.78 is 10.5. The molecule has 1 aromatic carbocycles. The zero-order valence-electron chi connectivity index (χ0n) is 13.3. The van der Waals surface area contributed by atoms with Crippen molar-refractivity contribution in [1.29, 1.82) is 0 Å². The van der Waals surface area contributed by atoms with Gasteiger partial charge in [0.25, 0.3) is 0 Å². The van der Waals surface area contributed by atoms with E-state index < -0.39 is 0 Å². The lowest BCUT2D eigenvalue weighted by molar-refractivity contribution is -0.120. The summed E-state index contributed by atoms with van der Waals surface area (Å²) in [5, 5.41) is 5.97. The molecule has 0 aliphatic rings. The minimum atomic E-state index is -0.0290. The molecule has 1 aromatic rings. The van der Waals surface area contributed by atoms with E-state index in [1.165, 1.54) is 0 Å².